The van der Waals surface area contributed by atoms with Gasteiger partial charge in [-0.15, -0.1) is 0 Å². The summed E-state index contributed by atoms with van der Waals surface area (Å²) in [4.78, 5) is 25.1. The summed E-state index contributed by atoms with van der Waals surface area (Å²) in [5, 5.41) is 10.7. The first-order valence-electron chi connectivity index (χ1n) is 10.1. The van der Waals surface area contributed by atoms with Gasteiger partial charge in [0.1, 0.15) is 18.1 Å². The van der Waals surface area contributed by atoms with Crippen LogP contribution in [0.1, 0.15) is 40.4 Å². The molecule has 1 N–H and O–H groups in total. The summed E-state index contributed by atoms with van der Waals surface area (Å²) < 4.78 is 31.0. The minimum Gasteiger partial charge on any atom is -0.503 e. The van der Waals surface area contributed by atoms with Crippen LogP contribution in [0.25, 0.3) is 5.69 Å². The van der Waals surface area contributed by atoms with Gasteiger partial charge in [0.25, 0.3) is 0 Å². The van der Waals surface area contributed by atoms with E-state index in [1.807, 2.05) is 30.3 Å². The van der Waals surface area contributed by atoms with Crippen LogP contribution in [-0.2, 0) is 16.1 Å². The molecule has 8 heteroatoms. The Bertz CT molecular complexity index is 1080. The van der Waals surface area contributed by atoms with E-state index in [9.17, 15) is 19.1 Å². The highest BCUT2D eigenvalue weighted by Gasteiger charge is 2.32. The second-order valence-corrected chi connectivity index (χ2v) is 6.85. The number of hydrogen-bond acceptors (Lipinski definition) is 6. The van der Waals surface area contributed by atoms with Gasteiger partial charge in [0, 0.05) is 12.6 Å². The van der Waals surface area contributed by atoms with Crippen LogP contribution in [0.3, 0.4) is 0 Å². The van der Waals surface area contributed by atoms with Gasteiger partial charge in [-0.1, -0.05) is 30.3 Å². The highest BCUT2D eigenvalue weighted by molar-refractivity contribution is 6.02. The molecular weight excluding hydrogens is 417 g/mol. The van der Waals surface area contributed by atoms with Gasteiger partial charge < -0.3 is 19.3 Å². The van der Waals surface area contributed by atoms with Crippen LogP contribution < -0.4 is 4.74 Å². The van der Waals surface area contributed by atoms with Crippen molar-refractivity contribution in [3.8, 4) is 17.2 Å². The zero-order chi connectivity index (χ0) is 23.1. The van der Waals surface area contributed by atoms with Gasteiger partial charge in [-0.2, -0.15) is 0 Å². The minimum atomic E-state index is -0.792. The molecule has 1 heterocycles. The summed E-state index contributed by atoms with van der Waals surface area (Å²) in [7, 11) is 0. The van der Waals surface area contributed by atoms with Crippen molar-refractivity contribution in [2.24, 2.45) is 0 Å². The maximum atomic E-state index is 13.4. The van der Waals surface area contributed by atoms with Crippen LogP contribution in [0.15, 0.2) is 54.6 Å². The van der Waals surface area contributed by atoms with Crippen LogP contribution >= 0.6 is 0 Å². The summed E-state index contributed by atoms with van der Waals surface area (Å²) in [6.07, 6.45) is 0. The Morgan fingerprint density at radius 3 is 2.31 bits per heavy atom. The molecule has 0 aliphatic heterocycles. The van der Waals surface area contributed by atoms with Crippen molar-refractivity contribution in [3.05, 3.63) is 77.4 Å². The Kier molecular flexibility index (Phi) is 7.62. The average molecular weight is 441 g/mol. The quantitative estimate of drug-likeness (QED) is 0.287. The van der Waals surface area contributed by atoms with Crippen molar-refractivity contribution in [1.29, 1.82) is 0 Å². The van der Waals surface area contributed by atoms with E-state index in [4.69, 9.17) is 14.2 Å². The number of ketones is 1. The van der Waals surface area contributed by atoms with Gasteiger partial charge in [0.15, 0.2) is 23.0 Å². The van der Waals surface area contributed by atoms with Crippen molar-refractivity contribution in [2.75, 3.05) is 19.8 Å². The molecule has 32 heavy (non-hydrogen) atoms. The smallest absolute Gasteiger partial charge is 0.359 e. The third-order valence-corrected chi connectivity index (χ3v) is 4.57. The van der Waals surface area contributed by atoms with Gasteiger partial charge in [-0.25, -0.2) is 9.18 Å². The lowest BCUT2D eigenvalue weighted by Crippen LogP contribution is -2.16. The van der Waals surface area contributed by atoms with Gasteiger partial charge in [0.05, 0.1) is 19.8 Å². The summed E-state index contributed by atoms with van der Waals surface area (Å²) in [5.74, 6) is -2.47. The summed E-state index contributed by atoms with van der Waals surface area (Å²) in [5.41, 5.74) is 0.957. The number of aromatic nitrogens is 1. The number of rotatable bonds is 10. The lowest BCUT2D eigenvalue weighted by Gasteiger charge is -2.12. The fourth-order valence-corrected chi connectivity index (χ4v) is 3.20. The van der Waals surface area contributed by atoms with E-state index in [-0.39, 0.29) is 37.0 Å². The normalized spacial score (nSPS) is 10.7. The molecule has 2 aromatic carbocycles. The second-order valence-electron chi connectivity index (χ2n) is 6.85. The Hall–Kier alpha value is -3.65. The predicted octanol–water partition coefficient (Wildman–Crippen LogP) is 4.30. The Balaban J connectivity index is 1.90. The lowest BCUT2D eigenvalue weighted by molar-refractivity contribution is 0.0505. The molecule has 3 aromatic rings. The van der Waals surface area contributed by atoms with Gasteiger partial charge in [-0.05, 0) is 36.8 Å². The number of benzene rings is 2. The maximum Gasteiger partial charge on any atom is 0.359 e. The Morgan fingerprint density at radius 1 is 1.00 bits per heavy atom. The number of ether oxygens (including phenoxy) is 3. The topological polar surface area (TPSA) is 87.0 Å². The first kappa shape index (κ1) is 23.0. The second kappa shape index (κ2) is 10.6. The SMILES string of the molecule is CCOC(=O)c1c(OCCOCc2ccccc2)c(O)c(C(C)=O)n1-c1ccc(F)cc1. The van der Waals surface area contributed by atoms with E-state index in [0.717, 1.165) is 5.56 Å². The minimum absolute atomic E-state index is 0.0115. The number of hydrogen-bond donors (Lipinski definition) is 1. The zero-order valence-corrected chi connectivity index (χ0v) is 17.8. The zero-order valence-electron chi connectivity index (χ0n) is 17.8. The number of Topliss-reactive ketones (excluding diaryl/α,β-unsaturated/α-hetero) is 1. The van der Waals surface area contributed by atoms with Crippen LogP contribution in [0.4, 0.5) is 4.39 Å². The molecule has 168 valence electrons. The van der Waals surface area contributed by atoms with Crippen LogP contribution in [0.5, 0.6) is 11.5 Å². The summed E-state index contributed by atoms with van der Waals surface area (Å²) >= 11 is 0. The molecule has 0 radical (unpaired) electrons. The van der Waals surface area contributed by atoms with Crippen molar-refractivity contribution in [3.63, 3.8) is 0 Å². The first-order chi connectivity index (χ1) is 15.4. The fourth-order valence-electron chi connectivity index (χ4n) is 3.20. The molecule has 0 saturated carbocycles. The van der Waals surface area contributed by atoms with Crippen molar-refractivity contribution in [1.82, 2.24) is 4.57 Å². The van der Waals surface area contributed by atoms with E-state index in [1.54, 1.807) is 6.92 Å². The van der Waals surface area contributed by atoms with Crippen molar-refractivity contribution >= 4 is 11.8 Å². The molecular formula is C24H24FNO6. The third-order valence-electron chi connectivity index (χ3n) is 4.57. The number of carbonyl (C=O) groups is 2. The number of nitrogens with zero attached hydrogens (tertiary/aromatic N) is 1. The Labute approximate surface area is 185 Å². The van der Waals surface area contributed by atoms with Crippen LogP contribution in [0.2, 0.25) is 0 Å². The Morgan fingerprint density at radius 2 is 1.69 bits per heavy atom. The standard InChI is InChI=1S/C24H24FNO6/c1-3-31-24(29)21-23(32-14-13-30-15-17-7-5-4-6-8-17)22(28)20(16(2)27)26(21)19-11-9-18(25)10-12-19/h4-12,28H,3,13-15H2,1-2H3. The number of aromatic hydroxyl groups is 1. The van der Waals surface area contributed by atoms with Gasteiger partial charge in [0.2, 0.25) is 0 Å². The molecule has 0 saturated heterocycles. The molecule has 7 nitrogen and oxygen atoms in total. The van der Waals surface area contributed by atoms with E-state index < -0.39 is 23.3 Å². The molecule has 1 aromatic heterocycles. The largest absolute Gasteiger partial charge is 0.503 e. The van der Waals surface area contributed by atoms with Crippen molar-refractivity contribution in [2.45, 2.75) is 20.5 Å². The maximum absolute atomic E-state index is 13.4. The van der Waals surface area contributed by atoms with Gasteiger partial charge in [-0.3, -0.25) is 9.36 Å². The van der Waals surface area contributed by atoms with Crippen molar-refractivity contribution < 1.29 is 33.3 Å². The molecule has 0 spiro atoms. The predicted molar refractivity (Wildman–Crippen MR) is 115 cm³/mol. The first-order valence-corrected chi connectivity index (χ1v) is 10.1. The summed E-state index contributed by atoms with van der Waals surface area (Å²) in [6.45, 7) is 3.51. The molecule has 0 amide bonds. The fraction of sp³-hybridized carbons (Fsp3) is 0.250. The number of carbonyl (C=O) groups excluding carboxylic acids is 2. The highest BCUT2D eigenvalue weighted by Crippen LogP contribution is 2.40. The molecule has 0 aliphatic carbocycles. The molecule has 0 unspecified atom stereocenters. The number of halogens is 1. The summed E-state index contributed by atoms with van der Waals surface area (Å²) in [6, 6.07) is 14.7. The van der Waals surface area contributed by atoms with Gasteiger partial charge >= 0.3 is 5.97 Å². The van der Waals surface area contributed by atoms with Crippen LogP contribution in [-0.4, -0.2) is 41.2 Å². The van der Waals surface area contributed by atoms with E-state index in [2.05, 4.69) is 0 Å². The number of esters is 1. The van der Waals surface area contributed by atoms with E-state index in [0.29, 0.717) is 12.3 Å². The molecule has 0 bridgehead atoms. The third kappa shape index (κ3) is 5.15. The van der Waals surface area contributed by atoms with E-state index in [1.165, 1.54) is 35.8 Å². The lowest BCUT2D eigenvalue weighted by atomic mass is 10.2. The molecule has 0 fully saturated rings. The molecule has 0 aliphatic rings. The average Bonchev–Trinajstić information content (AvgIpc) is 3.07. The monoisotopic (exact) mass is 441 g/mol. The molecule has 3 rings (SSSR count). The molecule has 0 atom stereocenters. The van der Waals surface area contributed by atoms with E-state index >= 15 is 0 Å². The van der Waals surface area contributed by atoms with Crippen LogP contribution in [0, 0.1) is 5.82 Å². The highest BCUT2D eigenvalue weighted by atomic mass is 19.1.